The van der Waals surface area contributed by atoms with Crippen molar-refractivity contribution in [3.63, 3.8) is 0 Å². The van der Waals surface area contributed by atoms with Gasteiger partial charge in [0, 0.05) is 54.0 Å². The van der Waals surface area contributed by atoms with E-state index >= 15 is 0 Å². The Bertz CT molecular complexity index is 1110. The highest BCUT2D eigenvalue weighted by molar-refractivity contribution is 5.90. The van der Waals surface area contributed by atoms with Gasteiger partial charge in [-0.2, -0.15) is 0 Å². The molecule has 7 heteroatoms. The third-order valence-electron chi connectivity index (χ3n) is 7.47. The molecule has 0 saturated carbocycles. The Hall–Kier alpha value is -3.03. The maximum atomic E-state index is 12.8. The van der Waals surface area contributed by atoms with Crippen molar-refractivity contribution < 1.29 is 19.1 Å². The van der Waals surface area contributed by atoms with Gasteiger partial charge in [-0.05, 0) is 91.3 Å². The monoisotopic (exact) mass is 547 g/mol. The van der Waals surface area contributed by atoms with Crippen molar-refractivity contribution in [2.45, 2.75) is 115 Å². The topological polar surface area (TPSA) is 89.6 Å². The number of nitrogens with one attached hydrogen (secondary N) is 2. The van der Waals surface area contributed by atoms with Crippen LogP contribution in [-0.2, 0) is 9.47 Å². The lowest BCUT2D eigenvalue weighted by Gasteiger charge is -2.45. The summed E-state index contributed by atoms with van der Waals surface area (Å²) in [4.78, 5) is 30.0. The van der Waals surface area contributed by atoms with Gasteiger partial charge in [0.1, 0.15) is 12.2 Å². The van der Waals surface area contributed by atoms with Crippen molar-refractivity contribution in [3.8, 4) is 0 Å². The molecule has 2 aliphatic rings. The van der Waals surface area contributed by atoms with Crippen LogP contribution in [0.25, 0.3) is 12.2 Å². The molecule has 3 heterocycles. The highest BCUT2D eigenvalue weighted by Crippen LogP contribution is 2.32. The molecule has 1 aromatic heterocycles. The Balaban J connectivity index is 1.31. The highest BCUT2D eigenvalue weighted by Gasteiger charge is 2.40. The molecule has 2 aromatic rings. The Kier molecular flexibility index (Phi) is 8.30. The average molecular weight is 548 g/mol. The van der Waals surface area contributed by atoms with Gasteiger partial charge in [-0.25, -0.2) is 9.59 Å². The normalized spacial score (nSPS) is 22.1. The van der Waals surface area contributed by atoms with E-state index in [2.05, 4.69) is 71.0 Å². The molecule has 0 atom stereocenters. The average Bonchev–Trinajstić information content (AvgIpc) is 2.79. The molecule has 2 aliphatic heterocycles. The minimum absolute atomic E-state index is 0.0879. The summed E-state index contributed by atoms with van der Waals surface area (Å²) >= 11 is 0. The van der Waals surface area contributed by atoms with E-state index in [1.807, 2.05) is 24.3 Å². The molecule has 2 fully saturated rings. The van der Waals surface area contributed by atoms with E-state index < -0.39 is 0 Å². The first-order chi connectivity index (χ1) is 18.5. The van der Waals surface area contributed by atoms with Crippen molar-refractivity contribution in [1.82, 2.24) is 15.6 Å². The van der Waals surface area contributed by atoms with Crippen molar-refractivity contribution in [2.24, 2.45) is 0 Å². The van der Waals surface area contributed by atoms with E-state index in [1.54, 1.807) is 30.5 Å². The smallest absolute Gasteiger partial charge is 0.339 e. The predicted octanol–water partition coefficient (Wildman–Crippen LogP) is 6.18. The number of ether oxygens (including phenoxy) is 2. The second kappa shape index (κ2) is 11.1. The fourth-order valence-corrected chi connectivity index (χ4v) is 6.60. The van der Waals surface area contributed by atoms with E-state index in [1.165, 1.54) is 0 Å². The Labute approximate surface area is 239 Å². The van der Waals surface area contributed by atoms with Crippen LogP contribution >= 0.6 is 0 Å². The van der Waals surface area contributed by atoms with Gasteiger partial charge in [-0.1, -0.05) is 18.2 Å². The van der Waals surface area contributed by atoms with Crippen LogP contribution in [0, 0.1) is 0 Å². The van der Waals surface area contributed by atoms with E-state index in [9.17, 15) is 9.59 Å². The predicted molar refractivity (Wildman–Crippen MR) is 159 cm³/mol. The summed E-state index contributed by atoms with van der Waals surface area (Å²) in [5, 5.41) is 7.22. The molecule has 2 saturated heterocycles. The van der Waals surface area contributed by atoms with Gasteiger partial charge in [0.2, 0.25) is 0 Å². The van der Waals surface area contributed by atoms with Gasteiger partial charge < -0.3 is 20.1 Å². The number of hydrogen-bond acceptors (Lipinski definition) is 7. The van der Waals surface area contributed by atoms with Crippen molar-refractivity contribution >= 4 is 24.1 Å². The molecule has 2 N–H and O–H groups in total. The standard InChI is InChI=1S/C33H45N3O4/c1-30(2)17-26(18-31(3,4)35-30)39-28(37)23-12-9-22(10-13-23)11-15-25-16-14-24(21-34-25)29(38)40-27-19-32(5,6)36-33(7,8)20-27/h9-16,21,26-27,35-36H,17-20H2,1-8H3/b15-11+. The molecule has 0 aliphatic carbocycles. The SMILES string of the molecule is CC1(C)CC(OC(=O)c2ccc(/C=C/c3ccc(C(=O)OC4CC(C)(C)NC(C)(C)C4)cn3)cc2)CC(C)(C)N1. The highest BCUT2D eigenvalue weighted by atomic mass is 16.5. The van der Waals surface area contributed by atoms with E-state index in [0.29, 0.717) is 11.1 Å². The molecule has 1 aromatic carbocycles. The van der Waals surface area contributed by atoms with Crippen LogP contribution in [0.3, 0.4) is 0 Å². The quantitative estimate of drug-likeness (QED) is 0.417. The lowest BCUT2D eigenvalue weighted by atomic mass is 9.81. The second-order valence-electron chi connectivity index (χ2n) is 14.1. The third kappa shape index (κ3) is 8.24. The van der Waals surface area contributed by atoms with E-state index in [0.717, 1.165) is 36.9 Å². The van der Waals surface area contributed by atoms with Gasteiger partial charge in [-0.15, -0.1) is 0 Å². The molecule has 0 amide bonds. The minimum Gasteiger partial charge on any atom is -0.459 e. The zero-order valence-electron chi connectivity index (χ0n) is 25.3. The van der Waals surface area contributed by atoms with E-state index in [4.69, 9.17) is 9.47 Å². The summed E-state index contributed by atoms with van der Waals surface area (Å²) in [6.45, 7) is 17.1. The first kappa shape index (κ1) is 29.9. The van der Waals surface area contributed by atoms with E-state index in [-0.39, 0.29) is 46.3 Å². The summed E-state index contributed by atoms with van der Waals surface area (Å²) in [5.41, 5.74) is 2.26. The van der Waals surface area contributed by atoms with Crippen LogP contribution in [0.4, 0.5) is 0 Å². The van der Waals surface area contributed by atoms with Gasteiger partial charge in [0.05, 0.1) is 16.8 Å². The van der Waals surface area contributed by atoms with Gasteiger partial charge in [-0.3, -0.25) is 4.98 Å². The van der Waals surface area contributed by atoms with Gasteiger partial charge >= 0.3 is 11.9 Å². The number of aromatic nitrogens is 1. The molecule has 40 heavy (non-hydrogen) atoms. The summed E-state index contributed by atoms with van der Waals surface area (Å²) in [6.07, 6.45) is 8.18. The molecule has 0 radical (unpaired) electrons. The lowest BCUT2D eigenvalue weighted by molar-refractivity contribution is -0.00767. The first-order valence-corrected chi connectivity index (χ1v) is 14.2. The minimum atomic E-state index is -0.347. The number of hydrogen-bond donors (Lipinski definition) is 2. The van der Waals surface area contributed by atoms with Gasteiger partial charge in [0.15, 0.2) is 0 Å². The number of carbonyl (C=O) groups excluding carboxylic acids is 2. The largest absolute Gasteiger partial charge is 0.459 e. The van der Waals surface area contributed by atoms with Crippen molar-refractivity contribution in [2.75, 3.05) is 0 Å². The first-order valence-electron chi connectivity index (χ1n) is 14.2. The number of esters is 2. The fourth-order valence-electron chi connectivity index (χ4n) is 6.60. The Morgan fingerprint density at radius 3 is 1.52 bits per heavy atom. The molecular formula is C33H45N3O4. The molecule has 4 rings (SSSR count). The third-order valence-corrected chi connectivity index (χ3v) is 7.47. The van der Waals surface area contributed by atoms with Crippen LogP contribution in [0.15, 0.2) is 42.6 Å². The molecule has 0 bridgehead atoms. The number of benzene rings is 1. The number of pyridine rings is 1. The lowest BCUT2D eigenvalue weighted by Crippen LogP contribution is -2.59. The summed E-state index contributed by atoms with van der Waals surface area (Å²) in [6, 6.07) is 10.9. The zero-order valence-corrected chi connectivity index (χ0v) is 25.3. The van der Waals surface area contributed by atoms with Crippen LogP contribution in [0.1, 0.15) is 113 Å². The van der Waals surface area contributed by atoms with Crippen LogP contribution in [0.5, 0.6) is 0 Å². The Morgan fingerprint density at radius 2 is 1.10 bits per heavy atom. The molecular weight excluding hydrogens is 502 g/mol. The van der Waals surface area contributed by atoms with Crippen LogP contribution in [0.2, 0.25) is 0 Å². The number of carbonyl (C=O) groups is 2. The maximum Gasteiger partial charge on any atom is 0.339 e. The summed E-state index contributed by atoms with van der Waals surface area (Å²) in [7, 11) is 0. The molecule has 7 nitrogen and oxygen atoms in total. The fraction of sp³-hybridized carbons (Fsp3) is 0.545. The van der Waals surface area contributed by atoms with Crippen LogP contribution < -0.4 is 10.6 Å². The number of nitrogens with zero attached hydrogens (tertiary/aromatic N) is 1. The Morgan fingerprint density at radius 1 is 0.675 bits per heavy atom. The maximum absolute atomic E-state index is 12.8. The summed E-state index contributed by atoms with van der Waals surface area (Å²) in [5.74, 6) is -0.643. The zero-order chi connectivity index (χ0) is 29.3. The molecule has 216 valence electrons. The van der Waals surface area contributed by atoms with Gasteiger partial charge in [0.25, 0.3) is 0 Å². The molecule has 0 spiro atoms. The van der Waals surface area contributed by atoms with Crippen LogP contribution in [-0.4, -0.2) is 51.3 Å². The number of piperidine rings is 2. The second-order valence-corrected chi connectivity index (χ2v) is 14.1. The van der Waals surface area contributed by atoms with Crippen molar-refractivity contribution in [1.29, 1.82) is 0 Å². The number of rotatable bonds is 6. The molecule has 0 unspecified atom stereocenters. The summed E-state index contributed by atoms with van der Waals surface area (Å²) < 4.78 is 11.7. The van der Waals surface area contributed by atoms with Crippen molar-refractivity contribution in [3.05, 3.63) is 65.0 Å².